The predicted molar refractivity (Wildman–Crippen MR) is 127 cm³/mol. The van der Waals surface area contributed by atoms with Crippen LogP contribution in [-0.4, -0.2) is 39.3 Å². The van der Waals surface area contributed by atoms with Gasteiger partial charge < -0.3 is 10.1 Å². The number of rotatable bonds is 5. The molecular weight excluding hydrogens is 495 g/mol. The van der Waals surface area contributed by atoms with Crippen LogP contribution in [0.4, 0.5) is 15.9 Å². The van der Waals surface area contributed by atoms with E-state index in [1.165, 1.54) is 48.7 Å². The molecule has 1 aromatic carbocycles. The highest BCUT2D eigenvalue weighted by Crippen LogP contribution is 2.33. The lowest BCUT2D eigenvalue weighted by molar-refractivity contribution is -0.384. The van der Waals surface area contributed by atoms with Gasteiger partial charge in [0.15, 0.2) is 0 Å². The summed E-state index contributed by atoms with van der Waals surface area (Å²) in [5.74, 6) is -1.76. The average Bonchev–Trinajstić information content (AvgIpc) is 2.85. The fourth-order valence-electron chi connectivity index (χ4n) is 3.38. The van der Waals surface area contributed by atoms with Gasteiger partial charge in [-0.25, -0.2) is 19.4 Å². The lowest BCUT2D eigenvalue weighted by atomic mass is 9.93. The summed E-state index contributed by atoms with van der Waals surface area (Å²) in [6.07, 6.45) is 1.56. The normalized spacial score (nSPS) is 16.9. The van der Waals surface area contributed by atoms with Gasteiger partial charge in [0, 0.05) is 30.3 Å². The zero-order valence-electron chi connectivity index (χ0n) is 18.7. The van der Waals surface area contributed by atoms with E-state index in [4.69, 9.17) is 16.3 Å². The summed E-state index contributed by atoms with van der Waals surface area (Å²) in [7, 11) is 0. The van der Waals surface area contributed by atoms with Gasteiger partial charge in [-0.1, -0.05) is 11.6 Å². The Bertz CT molecular complexity index is 1370. The van der Waals surface area contributed by atoms with Crippen LogP contribution in [0.1, 0.15) is 39.9 Å². The number of amides is 2. The van der Waals surface area contributed by atoms with Crippen LogP contribution in [0, 0.1) is 15.9 Å². The van der Waals surface area contributed by atoms with Crippen LogP contribution < -0.4 is 10.6 Å². The molecule has 13 heteroatoms. The summed E-state index contributed by atoms with van der Waals surface area (Å²) in [5, 5.41) is 16.2. The summed E-state index contributed by atoms with van der Waals surface area (Å²) < 4.78 is 20.2. The minimum atomic E-state index is -1.22. The first-order valence-electron chi connectivity index (χ1n) is 10.5. The fourth-order valence-corrected chi connectivity index (χ4v) is 3.49. The summed E-state index contributed by atoms with van der Waals surface area (Å²) in [5.41, 5.74) is -1.21. The largest absolute Gasteiger partial charge is 0.465 e. The van der Waals surface area contributed by atoms with Gasteiger partial charge in [0.25, 0.3) is 23.5 Å². The molecule has 0 saturated carbocycles. The van der Waals surface area contributed by atoms with Crippen molar-refractivity contribution in [3.8, 4) is 0 Å². The number of hydrogen-bond donors (Lipinski definition) is 2. The summed E-state index contributed by atoms with van der Waals surface area (Å²) in [4.78, 5) is 47.8. The first-order valence-corrected chi connectivity index (χ1v) is 10.9. The minimum Gasteiger partial charge on any atom is -0.465 e. The zero-order chi connectivity index (χ0) is 25.9. The van der Waals surface area contributed by atoms with Crippen molar-refractivity contribution in [3.63, 3.8) is 0 Å². The first-order chi connectivity index (χ1) is 17.1. The summed E-state index contributed by atoms with van der Waals surface area (Å²) in [6.45, 7) is 1.72. The number of anilines is 1. The molecule has 0 unspecified atom stereocenters. The van der Waals surface area contributed by atoms with Crippen LogP contribution in [0.15, 0.2) is 59.7 Å². The number of pyridine rings is 2. The maximum atomic E-state index is 14.8. The van der Waals surface area contributed by atoms with E-state index in [9.17, 15) is 24.1 Å². The van der Waals surface area contributed by atoms with Gasteiger partial charge in [0.2, 0.25) is 0 Å². The van der Waals surface area contributed by atoms with Crippen LogP contribution in [0.25, 0.3) is 0 Å². The molecule has 1 aliphatic heterocycles. The second-order valence-corrected chi connectivity index (χ2v) is 8.33. The average molecular weight is 513 g/mol. The van der Waals surface area contributed by atoms with Crippen molar-refractivity contribution in [2.45, 2.75) is 18.9 Å². The molecule has 0 aliphatic carbocycles. The number of aromatic nitrogens is 2. The summed E-state index contributed by atoms with van der Waals surface area (Å²) >= 11 is 5.79. The van der Waals surface area contributed by atoms with E-state index in [0.29, 0.717) is 5.02 Å². The molecular formula is C23H18ClFN6O5. The number of benzene rings is 1. The molecule has 0 spiro atoms. The highest BCUT2D eigenvalue weighted by Gasteiger charge is 2.35. The van der Waals surface area contributed by atoms with Gasteiger partial charge in [0.1, 0.15) is 28.6 Å². The third-order valence-electron chi connectivity index (χ3n) is 5.29. The van der Waals surface area contributed by atoms with E-state index >= 15 is 0 Å². The van der Waals surface area contributed by atoms with Gasteiger partial charge >= 0.3 is 0 Å². The Balaban J connectivity index is 1.54. The molecule has 4 rings (SSSR count). The van der Waals surface area contributed by atoms with Crippen LogP contribution in [0.3, 0.4) is 0 Å². The van der Waals surface area contributed by atoms with Crippen molar-refractivity contribution in [2.75, 3.05) is 11.9 Å². The van der Waals surface area contributed by atoms with Gasteiger partial charge in [-0.3, -0.25) is 25.0 Å². The quantitative estimate of drug-likeness (QED) is 0.389. The Hall–Kier alpha value is -4.45. The van der Waals surface area contributed by atoms with E-state index in [-0.39, 0.29) is 47.5 Å². The van der Waals surface area contributed by atoms with Gasteiger partial charge in [-0.2, -0.15) is 0 Å². The lowest BCUT2D eigenvalue weighted by Crippen LogP contribution is -2.40. The molecule has 3 aromatic rings. The highest BCUT2D eigenvalue weighted by molar-refractivity contribution is 6.30. The van der Waals surface area contributed by atoms with E-state index in [0.717, 1.165) is 6.07 Å². The number of nitrogens with zero attached hydrogens (tertiary/aromatic N) is 4. The maximum Gasteiger partial charge on any atom is 0.292 e. The number of ether oxygens (including phenoxy) is 1. The number of halogens is 2. The van der Waals surface area contributed by atoms with Crippen LogP contribution >= 0.6 is 11.6 Å². The Morgan fingerprint density at radius 3 is 2.53 bits per heavy atom. The molecule has 11 nitrogen and oxygen atoms in total. The van der Waals surface area contributed by atoms with Crippen LogP contribution in [-0.2, 0) is 10.3 Å². The van der Waals surface area contributed by atoms with E-state index < -0.39 is 28.1 Å². The van der Waals surface area contributed by atoms with Crippen molar-refractivity contribution in [1.29, 1.82) is 0 Å². The van der Waals surface area contributed by atoms with Crippen LogP contribution in [0.2, 0.25) is 5.02 Å². The van der Waals surface area contributed by atoms with Crippen molar-refractivity contribution in [3.05, 3.63) is 92.6 Å². The van der Waals surface area contributed by atoms with E-state index in [1.807, 2.05) is 0 Å². The standard InChI is InChI=1S/C23H18ClFN6O5/c1-23(10-11-36-22(30-23)29-20(32)13-2-5-15(6-3-13)31(34)35)19-16(25)7-9-18(27-19)28-21(33)17-8-4-14(24)12-26-17/h2-9,12H,10-11H2,1H3,(H,27,28,33)(H,29,30,32)/t23-/m0/s1. The molecule has 0 saturated heterocycles. The topological polar surface area (TPSA) is 149 Å². The first kappa shape index (κ1) is 24.7. The third-order valence-corrected chi connectivity index (χ3v) is 5.52. The summed E-state index contributed by atoms with van der Waals surface area (Å²) in [6, 6.07) is 10.2. The smallest absolute Gasteiger partial charge is 0.292 e. The number of amidine groups is 1. The number of hydrogen-bond acceptors (Lipinski definition) is 8. The molecule has 0 radical (unpaired) electrons. The van der Waals surface area contributed by atoms with E-state index in [1.54, 1.807) is 6.92 Å². The Labute approximate surface area is 208 Å². The molecule has 0 fully saturated rings. The molecule has 3 heterocycles. The van der Waals surface area contributed by atoms with Crippen molar-refractivity contribution < 1.29 is 23.6 Å². The molecule has 184 valence electrons. The number of nitro benzene ring substituents is 1. The van der Waals surface area contributed by atoms with Crippen LogP contribution in [0.5, 0.6) is 0 Å². The van der Waals surface area contributed by atoms with E-state index in [2.05, 4.69) is 25.6 Å². The molecule has 2 aromatic heterocycles. The molecule has 0 bridgehead atoms. The second-order valence-electron chi connectivity index (χ2n) is 7.89. The monoisotopic (exact) mass is 512 g/mol. The number of nitro groups is 1. The van der Waals surface area contributed by atoms with Gasteiger partial charge in [-0.15, -0.1) is 0 Å². The number of aliphatic imine (C=N–C) groups is 1. The molecule has 2 N–H and O–H groups in total. The molecule has 1 aliphatic rings. The third kappa shape index (κ3) is 5.44. The van der Waals surface area contributed by atoms with Gasteiger partial charge in [-0.05, 0) is 43.3 Å². The molecule has 1 atom stereocenters. The number of carbonyl (C=O) groups is 2. The lowest BCUT2D eigenvalue weighted by Gasteiger charge is -2.30. The predicted octanol–water partition coefficient (Wildman–Crippen LogP) is 3.85. The SMILES string of the molecule is C[C@@]1(c2nc(NC(=O)c3ccc(Cl)cn3)ccc2F)CCOC(NC(=O)c2ccc([N+](=O)[O-])cc2)=N1. The number of nitrogens with one attached hydrogen (secondary N) is 2. The minimum absolute atomic E-state index is 0.0604. The zero-order valence-corrected chi connectivity index (χ0v) is 19.5. The Kier molecular flexibility index (Phi) is 6.88. The number of carbonyl (C=O) groups excluding carboxylic acids is 2. The Morgan fingerprint density at radius 1 is 1.11 bits per heavy atom. The number of non-ortho nitro benzene ring substituents is 1. The molecule has 36 heavy (non-hydrogen) atoms. The fraction of sp³-hybridized carbons (Fsp3) is 0.174. The second kappa shape index (κ2) is 10.0. The van der Waals surface area contributed by atoms with Crippen molar-refractivity contribution >= 4 is 40.9 Å². The maximum absolute atomic E-state index is 14.8. The van der Waals surface area contributed by atoms with Gasteiger partial charge in [0.05, 0.1) is 16.6 Å². The Morgan fingerprint density at radius 2 is 1.86 bits per heavy atom. The highest BCUT2D eigenvalue weighted by atomic mass is 35.5. The van der Waals surface area contributed by atoms with Crippen molar-refractivity contribution in [1.82, 2.24) is 15.3 Å². The molecule has 2 amide bonds. The van der Waals surface area contributed by atoms with Crippen molar-refractivity contribution in [2.24, 2.45) is 4.99 Å².